The molecule has 0 saturated heterocycles. The lowest BCUT2D eigenvalue weighted by molar-refractivity contribution is 0.102. The SMILES string of the molecule is COc1ccc(-c2cc(C(=O)Nc3nc(-c4ccc(F)cc4)cs3)c3ccccc3n2)c(OC)c1. The van der Waals surface area contributed by atoms with Gasteiger partial charge in [0.2, 0.25) is 0 Å². The lowest BCUT2D eigenvalue weighted by atomic mass is 10.0. The van der Waals surface area contributed by atoms with Gasteiger partial charge >= 0.3 is 0 Å². The third-order valence-corrected chi connectivity index (χ3v) is 6.27. The number of amides is 1. The number of hydrogen-bond donors (Lipinski definition) is 1. The number of halogens is 1. The molecule has 3 aromatic carbocycles. The average molecular weight is 486 g/mol. The van der Waals surface area contributed by atoms with Gasteiger partial charge < -0.3 is 9.47 Å². The molecule has 174 valence electrons. The zero-order valence-electron chi connectivity index (χ0n) is 18.9. The van der Waals surface area contributed by atoms with E-state index < -0.39 is 0 Å². The van der Waals surface area contributed by atoms with E-state index in [0.717, 1.165) is 16.5 Å². The van der Waals surface area contributed by atoms with E-state index in [1.807, 2.05) is 41.8 Å². The number of hydrogen-bond acceptors (Lipinski definition) is 6. The smallest absolute Gasteiger partial charge is 0.258 e. The molecule has 0 aliphatic rings. The van der Waals surface area contributed by atoms with E-state index in [1.165, 1.54) is 23.5 Å². The first-order valence-corrected chi connectivity index (χ1v) is 11.6. The van der Waals surface area contributed by atoms with Gasteiger partial charge in [-0.1, -0.05) is 18.2 Å². The maximum atomic E-state index is 13.4. The van der Waals surface area contributed by atoms with Gasteiger partial charge in [0, 0.05) is 28.0 Å². The number of ether oxygens (including phenoxy) is 2. The number of carbonyl (C=O) groups excluding carboxylic acids is 1. The molecule has 1 amide bonds. The third-order valence-electron chi connectivity index (χ3n) is 5.51. The molecule has 5 rings (SSSR count). The highest BCUT2D eigenvalue weighted by Gasteiger charge is 2.18. The molecule has 0 spiro atoms. The van der Waals surface area contributed by atoms with Crippen LogP contribution in [0.5, 0.6) is 11.5 Å². The predicted octanol–water partition coefficient (Wildman–Crippen LogP) is 6.43. The summed E-state index contributed by atoms with van der Waals surface area (Å²) in [5, 5.41) is 5.88. The molecular weight excluding hydrogens is 465 g/mol. The van der Waals surface area contributed by atoms with Gasteiger partial charge in [-0.3, -0.25) is 10.1 Å². The molecular formula is C27H20FN3O3S. The van der Waals surface area contributed by atoms with Crippen molar-refractivity contribution < 1.29 is 18.7 Å². The second-order valence-electron chi connectivity index (χ2n) is 7.64. The number of aromatic nitrogens is 2. The molecule has 2 heterocycles. The summed E-state index contributed by atoms with van der Waals surface area (Å²) in [7, 11) is 3.17. The van der Waals surface area contributed by atoms with E-state index in [9.17, 15) is 9.18 Å². The van der Waals surface area contributed by atoms with Gasteiger partial charge in [-0.05, 0) is 48.5 Å². The second-order valence-corrected chi connectivity index (χ2v) is 8.50. The van der Waals surface area contributed by atoms with Crippen molar-refractivity contribution >= 4 is 33.3 Å². The van der Waals surface area contributed by atoms with Crippen LogP contribution in [0.15, 0.2) is 78.2 Å². The van der Waals surface area contributed by atoms with Gasteiger partial charge in [0.25, 0.3) is 5.91 Å². The molecule has 0 aliphatic carbocycles. The van der Waals surface area contributed by atoms with Crippen LogP contribution in [0.2, 0.25) is 0 Å². The molecule has 0 fully saturated rings. The van der Waals surface area contributed by atoms with Crippen LogP contribution in [0.1, 0.15) is 10.4 Å². The molecule has 1 N–H and O–H groups in total. The Morgan fingerprint density at radius 2 is 1.71 bits per heavy atom. The maximum absolute atomic E-state index is 13.4. The van der Waals surface area contributed by atoms with E-state index in [1.54, 1.807) is 38.5 Å². The van der Waals surface area contributed by atoms with Gasteiger partial charge in [0.15, 0.2) is 5.13 Å². The van der Waals surface area contributed by atoms with E-state index >= 15 is 0 Å². The van der Waals surface area contributed by atoms with Crippen LogP contribution in [0.25, 0.3) is 33.4 Å². The fourth-order valence-electron chi connectivity index (χ4n) is 3.76. The van der Waals surface area contributed by atoms with Crippen molar-refractivity contribution in [1.82, 2.24) is 9.97 Å². The summed E-state index contributed by atoms with van der Waals surface area (Å²) in [5.74, 6) is 0.621. The highest BCUT2D eigenvalue weighted by atomic mass is 32.1. The van der Waals surface area contributed by atoms with E-state index in [2.05, 4.69) is 10.3 Å². The minimum Gasteiger partial charge on any atom is -0.497 e. The van der Waals surface area contributed by atoms with Crippen molar-refractivity contribution in [3.8, 4) is 34.0 Å². The summed E-state index contributed by atoms with van der Waals surface area (Å²) in [5.41, 5.74) is 3.90. The molecule has 0 bridgehead atoms. The number of anilines is 1. The van der Waals surface area contributed by atoms with Crippen LogP contribution in [0.4, 0.5) is 9.52 Å². The lowest BCUT2D eigenvalue weighted by Gasteiger charge is -2.13. The molecule has 5 aromatic rings. The quantitative estimate of drug-likeness (QED) is 0.300. The maximum Gasteiger partial charge on any atom is 0.258 e. The summed E-state index contributed by atoms with van der Waals surface area (Å²) in [6.45, 7) is 0. The molecule has 0 radical (unpaired) electrons. The summed E-state index contributed by atoms with van der Waals surface area (Å²) >= 11 is 1.30. The minimum absolute atomic E-state index is 0.308. The summed E-state index contributed by atoms with van der Waals surface area (Å²) in [6, 6.07) is 20.7. The average Bonchev–Trinajstić information content (AvgIpc) is 3.36. The number of carbonyl (C=O) groups is 1. The highest BCUT2D eigenvalue weighted by molar-refractivity contribution is 7.14. The number of nitrogens with zero attached hydrogens (tertiary/aromatic N) is 2. The van der Waals surface area contributed by atoms with Crippen molar-refractivity contribution in [2.24, 2.45) is 0 Å². The van der Waals surface area contributed by atoms with Crippen molar-refractivity contribution in [1.29, 1.82) is 0 Å². The molecule has 0 atom stereocenters. The number of rotatable bonds is 6. The Morgan fingerprint density at radius 3 is 2.49 bits per heavy atom. The van der Waals surface area contributed by atoms with Gasteiger partial charge in [-0.2, -0.15) is 0 Å². The van der Waals surface area contributed by atoms with Crippen molar-refractivity contribution in [3.63, 3.8) is 0 Å². The van der Waals surface area contributed by atoms with Crippen LogP contribution >= 0.6 is 11.3 Å². The number of pyridine rings is 1. The number of para-hydroxylation sites is 1. The Hall–Kier alpha value is -4.30. The Bertz CT molecular complexity index is 1530. The lowest BCUT2D eigenvalue weighted by Crippen LogP contribution is -2.13. The van der Waals surface area contributed by atoms with E-state index in [-0.39, 0.29) is 11.7 Å². The summed E-state index contributed by atoms with van der Waals surface area (Å²) in [6.07, 6.45) is 0. The van der Waals surface area contributed by atoms with Crippen LogP contribution in [0, 0.1) is 5.82 Å². The van der Waals surface area contributed by atoms with E-state index in [4.69, 9.17) is 14.5 Å². The summed E-state index contributed by atoms with van der Waals surface area (Å²) < 4.78 is 24.1. The standard InChI is InChI=1S/C27H20FN3O3S/c1-33-18-11-12-20(25(13-18)34-2)23-14-21(19-5-3-4-6-22(19)29-23)26(32)31-27-30-24(15-35-27)16-7-9-17(28)10-8-16/h3-15H,1-2H3,(H,30,31,32). The molecule has 6 nitrogen and oxygen atoms in total. The molecule has 8 heteroatoms. The Morgan fingerprint density at radius 1 is 0.914 bits per heavy atom. The Kier molecular flexibility index (Phi) is 6.12. The zero-order valence-corrected chi connectivity index (χ0v) is 19.7. The van der Waals surface area contributed by atoms with Gasteiger partial charge in [0.05, 0.1) is 36.7 Å². The van der Waals surface area contributed by atoms with Gasteiger partial charge in [-0.15, -0.1) is 11.3 Å². The predicted molar refractivity (Wildman–Crippen MR) is 136 cm³/mol. The first kappa shape index (κ1) is 22.5. The highest BCUT2D eigenvalue weighted by Crippen LogP contribution is 2.34. The molecule has 0 saturated carbocycles. The number of methoxy groups -OCH3 is 2. The number of thiazole rings is 1. The molecule has 0 aliphatic heterocycles. The fourth-order valence-corrected chi connectivity index (χ4v) is 4.47. The first-order chi connectivity index (χ1) is 17.1. The van der Waals surface area contributed by atoms with Crippen LogP contribution in [0.3, 0.4) is 0 Å². The largest absolute Gasteiger partial charge is 0.497 e. The molecule has 2 aromatic heterocycles. The Balaban J connectivity index is 1.52. The minimum atomic E-state index is -0.314. The number of benzene rings is 3. The number of fused-ring (bicyclic) bond motifs is 1. The third kappa shape index (κ3) is 4.56. The second kappa shape index (κ2) is 9.52. The fraction of sp³-hybridized carbons (Fsp3) is 0.0741. The normalized spacial score (nSPS) is 10.8. The molecule has 35 heavy (non-hydrogen) atoms. The van der Waals surface area contributed by atoms with Gasteiger partial charge in [-0.25, -0.2) is 14.4 Å². The van der Waals surface area contributed by atoms with E-state index in [0.29, 0.717) is 39.1 Å². The first-order valence-electron chi connectivity index (χ1n) is 10.7. The summed E-state index contributed by atoms with van der Waals surface area (Å²) in [4.78, 5) is 22.6. The molecule has 0 unspecified atom stereocenters. The van der Waals surface area contributed by atoms with Crippen molar-refractivity contribution in [2.75, 3.05) is 19.5 Å². The van der Waals surface area contributed by atoms with Crippen molar-refractivity contribution in [2.45, 2.75) is 0 Å². The topological polar surface area (TPSA) is 73.3 Å². The van der Waals surface area contributed by atoms with Crippen LogP contribution < -0.4 is 14.8 Å². The number of nitrogens with one attached hydrogen (secondary N) is 1. The van der Waals surface area contributed by atoms with Crippen molar-refractivity contribution in [3.05, 3.63) is 89.6 Å². The monoisotopic (exact) mass is 485 g/mol. The van der Waals surface area contributed by atoms with Gasteiger partial charge in [0.1, 0.15) is 17.3 Å². The van der Waals surface area contributed by atoms with Crippen LogP contribution in [-0.4, -0.2) is 30.1 Å². The zero-order chi connectivity index (χ0) is 24.4. The van der Waals surface area contributed by atoms with Crippen LogP contribution in [-0.2, 0) is 0 Å². The Labute approximate surface area is 205 Å².